The zero-order valence-corrected chi connectivity index (χ0v) is 25.8. The van der Waals surface area contributed by atoms with Crippen molar-refractivity contribution in [2.24, 2.45) is 0 Å². The molecule has 0 bridgehead atoms. The van der Waals surface area contributed by atoms with Crippen LogP contribution in [0.15, 0.2) is 0 Å². The van der Waals surface area contributed by atoms with Gasteiger partial charge in [0.05, 0.1) is 0 Å². The lowest BCUT2D eigenvalue weighted by molar-refractivity contribution is -0.150. The topological polar surface area (TPSA) is 63.6 Å². The Hall–Kier alpha value is -1.06. The second kappa shape index (κ2) is 30.5. The van der Waals surface area contributed by atoms with E-state index in [2.05, 4.69) is 13.8 Å². The molecule has 1 N–H and O–H groups in total. The number of hydrogen-bond donors (Lipinski definition) is 1. The summed E-state index contributed by atoms with van der Waals surface area (Å²) in [5.74, 6) is -0.700. The Labute approximate surface area is 237 Å². The van der Waals surface area contributed by atoms with Crippen LogP contribution in [0.5, 0.6) is 0 Å². The van der Waals surface area contributed by atoms with E-state index in [0.717, 1.165) is 64.2 Å². The molecule has 0 heterocycles. The summed E-state index contributed by atoms with van der Waals surface area (Å²) in [5, 5.41) is 8.74. The maximum absolute atomic E-state index is 12.5. The Balaban J connectivity index is 3.81. The minimum absolute atomic E-state index is 0.000268. The summed E-state index contributed by atoms with van der Waals surface area (Å²) < 4.78 is 5.92. The molecule has 0 amide bonds. The maximum atomic E-state index is 12.5. The molecule has 0 fully saturated rings. The van der Waals surface area contributed by atoms with Crippen LogP contribution in [0.2, 0.25) is 0 Å². The molecule has 1 unspecified atom stereocenters. The van der Waals surface area contributed by atoms with E-state index in [-0.39, 0.29) is 18.5 Å². The molecule has 1 atom stereocenters. The lowest BCUT2D eigenvalue weighted by atomic mass is 10.0. The first-order valence-electron chi connectivity index (χ1n) is 17.0. The molecule has 0 saturated carbocycles. The van der Waals surface area contributed by atoms with E-state index in [1.54, 1.807) is 0 Å². The van der Waals surface area contributed by atoms with Gasteiger partial charge < -0.3 is 9.84 Å². The average molecular weight is 539 g/mol. The number of aliphatic carboxylic acids is 1. The summed E-state index contributed by atoms with van der Waals surface area (Å²) in [4.78, 5) is 23.1. The van der Waals surface area contributed by atoms with Gasteiger partial charge in [0.25, 0.3) is 0 Å². The smallest absolute Gasteiger partial charge is 0.306 e. The van der Waals surface area contributed by atoms with Crippen molar-refractivity contribution in [3.8, 4) is 0 Å². The van der Waals surface area contributed by atoms with Gasteiger partial charge >= 0.3 is 11.9 Å². The van der Waals surface area contributed by atoms with Gasteiger partial charge in [0, 0.05) is 12.8 Å². The number of unbranched alkanes of at least 4 members (excludes halogenated alkanes) is 22. The monoisotopic (exact) mass is 538 g/mol. The quantitative estimate of drug-likeness (QED) is 0.0704. The molecule has 0 aliphatic rings. The van der Waals surface area contributed by atoms with Gasteiger partial charge in [0.2, 0.25) is 0 Å². The molecule has 0 aliphatic carbocycles. The highest BCUT2D eigenvalue weighted by Crippen LogP contribution is 2.18. The molecule has 0 saturated heterocycles. The molecule has 0 aromatic rings. The highest BCUT2D eigenvalue weighted by molar-refractivity contribution is 5.69. The van der Waals surface area contributed by atoms with Crippen molar-refractivity contribution in [1.82, 2.24) is 0 Å². The van der Waals surface area contributed by atoms with E-state index < -0.39 is 5.97 Å². The number of carboxylic acids is 1. The predicted molar refractivity (Wildman–Crippen MR) is 163 cm³/mol. The van der Waals surface area contributed by atoms with Crippen LogP contribution in [0.4, 0.5) is 0 Å². The van der Waals surface area contributed by atoms with Crippen molar-refractivity contribution in [3.63, 3.8) is 0 Å². The molecule has 0 radical (unpaired) electrons. The molecule has 38 heavy (non-hydrogen) atoms. The van der Waals surface area contributed by atoms with Crippen molar-refractivity contribution in [2.45, 2.75) is 206 Å². The zero-order chi connectivity index (χ0) is 27.9. The molecule has 0 rings (SSSR count). The fourth-order valence-corrected chi connectivity index (χ4v) is 5.30. The second-order valence-corrected chi connectivity index (χ2v) is 11.7. The van der Waals surface area contributed by atoms with Gasteiger partial charge in [0.1, 0.15) is 6.10 Å². The number of hydrogen-bond acceptors (Lipinski definition) is 3. The first-order valence-corrected chi connectivity index (χ1v) is 17.0. The number of rotatable bonds is 31. The molecular formula is C34H66O4. The van der Waals surface area contributed by atoms with Crippen molar-refractivity contribution in [2.75, 3.05) is 0 Å². The Bertz CT molecular complexity index is 505. The average Bonchev–Trinajstić information content (AvgIpc) is 2.89. The minimum atomic E-state index is -0.700. The summed E-state index contributed by atoms with van der Waals surface area (Å²) >= 11 is 0. The Kier molecular flexibility index (Phi) is 29.6. The highest BCUT2D eigenvalue weighted by atomic mass is 16.5. The van der Waals surface area contributed by atoms with E-state index in [1.165, 1.54) is 109 Å². The van der Waals surface area contributed by atoms with Crippen LogP contribution in [0.1, 0.15) is 200 Å². The summed E-state index contributed by atoms with van der Waals surface area (Å²) in [6.45, 7) is 4.52. The molecule has 0 aromatic heterocycles. The highest BCUT2D eigenvalue weighted by Gasteiger charge is 2.14. The van der Waals surface area contributed by atoms with Gasteiger partial charge in [-0.25, -0.2) is 0 Å². The zero-order valence-electron chi connectivity index (χ0n) is 25.8. The maximum Gasteiger partial charge on any atom is 0.306 e. The van der Waals surface area contributed by atoms with Crippen molar-refractivity contribution in [3.05, 3.63) is 0 Å². The Morgan fingerprint density at radius 2 is 0.789 bits per heavy atom. The van der Waals surface area contributed by atoms with Crippen molar-refractivity contribution in [1.29, 1.82) is 0 Å². The second-order valence-electron chi connectivity index (χ2n) is 11.7. The summed E-state index contributed by atoms with van der Waals surface area (Å²) in [6, 6.07) is 0. The standard InChI is InChI=1S/C34H66O4/c1-3-5-7-9-10-11-12-13-14-15-16-17-18-23-27-31-34(37)38-32(28-24-20-8-6-4-2)29-25-21-19-22-26-30-33(35)36/h32H,3-31H2,1-2H3,(H,35,36). The van der Waals surface area contributed by atoms with Crippen LogP contribution in [-0.2, 0) is 14.3 Å². The number of carbonyl (C=O) groups is 2. The molecule has 0 spiro atoms. The van der Waals surface area contributed by atoms with Crippen LogP contribution in [0.3, 0.4) is 0 Å². The van der Waals surface area contributed by atoms with Gasteiger partial charge in [-0.3, -0.25) is 9.59 Å². The van der Waals surface area contributed by atoms with Crippen LogP contribution >= 0.6 is 0 Å². The number of ether oxygens (including phenoxy) is 1. The van der Waals surface area contributed by atoms with Gasteiger partial charge in [-0.15, -0.1) is 0 Å². The third-order valence-electron chi connectivity index (χ3n) is 7.83. The summed E-state index contributed by atoms with van der Waals surface area (Å²) in [5.41, 5.74) is 0. The molecule has 0 aromatic carbocycles. The fourth-order valence-electron chi connectivity index (χ4n) is 5.30. The normalized spacial score (nSPS) is 12.1. The molecule has 4 heteroatoms. The largest absolute Gasteiger partial charge is 0.481 e. The van der Waals surface area contributed by atoms with Crippen LogP contribution in [0, 0.1) is 0 Å². The number of carboxylic acid groups (broad SMARTS) is 1. The van der Waals surface area contributed by atoms with Crippen LogP contribution in [0.25, 0.3) is 0 Å². The third-order valence-corrected chi connectivity index (χ3v) is 7.83. The van der Waals surface area contributed by atoms with Gasteiger partial charge in [-0.1, -0.05) is 149 Å². The van der Waals surface area contributed by atoms with E-state index in [0.29, 0.717) is 6.42 Å². The first kappa shape index (κ1) is 36.9. The summed E-state index contributed by atoms with van der Waals surface area (Å²) in [7, 11) is 0. The van der Waals surface area contributed by atoms with Crippen molar-refractivity contribution >= 4 is 11.9 Å². The minimum Gasteiger partial charge on any atom is -0.481 e. The third kappa shape index (κ3) is 29.5. The molecular weight excluding hydrogens is 472 g/mol. The van der Waals surface area contributed by atoms with E-state index >= 15 is 0 Å². The Morgan fingerprint density at radius 1 is 0.474 bits per heavy atom. The van der Waals surface area contributed by atoms with Gasteiger partial charge in [0.15, 0.2) is 0 Å². The van der Waals surface area contributed by atoms with Crippen LogP contribution < -0.4 is 0 Å². The molecule has 0 aliphatic heterocycles. The fraction of sp³-hybridized carbons (Fsp3) is 0.941. The Morgan fingerprint density at radius 3 is 1.16 bits per heavy atom. The predicted octanol–water partition coefficient (Wildman–Crippen LogP) is 11.3. The van der Waals surface area contributed by atoms with E-state index in [4.69, 9.17) is 9.84 Å². The van der Waals surface area contributed by atoms with E-state index in [1.807, 2.05) is 0 Å². The molecule has 226 valence electrons. The number of esters is 1. The van der Waals surface area contributed by atoms with Crippen LogP contribution in [-0.4, -0.2) is 23.1 Å². The summed E-state index contributed by atoms with van der Waals surface area (Å²) in [6.07, 6.45) is 34.1. The number of carbonyl (C=O) groups excluding carboxylic acids is 1. The van der Waals surface area contributed by atoms with E-state index in [9.17, 15) is 9.59 Å². The lowest BCUT2D eigenvalue weighted by Crippen LogP contribution is -2.18. The van der Waals surface area contributed by atoms with Crippen molar-refractivity contribution < 1.29 is 19.4 Å². The van der Waals surface area contributed by atoms with Gasteiger partial charge in [-0.05, 0) is 38.5 Å². The molecule has 4 nitrogen and oxygen atoms in total. The SMILES string of the molecule is CCCCCCCCCCCCCCCCCC(=O)OC(CCCCCCC)CCCCCCCC(=O)O. The first-order chi connectivity index (χ1) is 18.6. The lowest BCUT2D eigenvalue weighted by Gasteiger charge is -2.18. The van der Waals surface area contributed by atoms with Gasteiger partial charge in [-0.2, -0.15) is 0 Å².